The molecule has 0 aliphatic rings. The molecule has 3 rings (SSSR count). The summed E-state index contributed by atoms with van der Waals surface area (Å²) in [5, 5.41) is 5.25. The molecule has 1 aromatic carbocycles. The highest BCUT2D eigenvalue weighted by atomic mass is 32.1. The fraction of sp³-hybridized carbons (Fsp3) is 0.333. The van der Waals surface area contributed by atoms with Crippen LogP contribution in [-0.2, 0) is 0 Å². The number of benzene rings is 1. The Labute approximate surface area is 121 Å². The molecular weight excluding hydrogens is 270 g/mol. The van der Waals surface area contributed by atoms with Crippen LogP contribution in [0, 0.1) is 0 Å². The van der Waals surface area contributed by atoms with Gasteiger partial charge in [0.25, 0.3) is 0 Å². The predicted molar refractivity (Wildman–Crippen MR) is 84.8 cm³/mol. The molecule has 0 saturated heterocycles. The Morgan fingerprint density at radius 1 is 1.35 bits per heavy atom. The van der Waals surface area contributed by atoms with Gasteiger partial charge in [0.05, 0.1) is 16.3 Å². The second-order valence-electron chi connectivity index (χ2n) is 4.84. The molecule has 2 aromatic heterocycles. The Kier molecular flexibility index (Phi) is 3.44. The maximum atomic E-state index is 5.90. The molecule has 0 saturated carbocycles. The number of thiazole rings is 1. The lowest BCUT2D eigenvalue weighted by atomic mass is 10.2. The number of nitrogens with zero attached hydrogens (tertiary/aromatic N) is 2. The van der Waals surface area contributed by atoms with Gasteiger partial charge in [-0.3, -0.25) is 4.98 Å². The van der Waals surface area contributed by atoms with Crippen LogP contribution in [0.25, 0.3) is 21.1 Å². The normalized spacial score (nSPS) is 11.4. The number of ether oxygens (including phenoxy) is 1. The summed E-state index contributed by atoms with van der Waals surface area (Å²) in [5.41, 5.74) is 1.87. The summed E-state index contributed by atoms with van der Waals surface area (Å²) in [6.45, 7) is 6.98. The van der Waals surface area contributed by atoms with E-state index in [-0.39, 0.29) is 6.10 Å². The lowest BCUT2D eigenvalue weighted by molar-refractivity contribution is 0.245. The van der Waals surface area contributed by atoms with Crippen LogP contribution in [0.4, 0.5) is 5.13 Å². The first-order valence-corrected chi connectivity index (χ1v) is 7.59. The Balaban J connectivity index is 2.27. The first-order valence-electron chi connectivity index (χ1n) is 6.78. The number of aromatic nitrogens is 2. The number of nitrogens with one attached hydrogen (secondary N) is 1. The molecule has 0 fully saturated rings. The van der Waals surface area contributed by atoms with Gasteiger partial charge in [-0.05, 0) is 32.9 Å². The third kappa shape index (κ3) is 2.29. The van der Waals surface area contributed by atoms with Crippen molar-refractivity contribution in [1.29, 1.82) is 0 Å². The molecule has 0 bridgehead atoms. The van der Waals surface area contributed by atoms with Gasteiger partial charge in [0, 0.05) is 24.2 Å². The van der Waals surface area contributed by atoms with Gasteiger partial charge in [0.1, 0.15) is 11.3 Å². The minimum atomic E-state index is 0.124. The first-order chi connectivity index (χ1) is 9.69. The van der Waals surface area contributed by atoms with E-state index in [0.717, 1.165) is 38.5 Å². The molecule has 0 spiro atoms. The maximum Gasteiger partial charge on any atom is 0.183 e. The molecule has 0 aliphatic heterocycles. The van der Waals surface area contributed by atoms with Gasteiger partial charge in [-0.15, -0.1) is 0 Å². The lowest BCUT2D eigenvalue weighted by Gasteiger charge is -2.11. The van der Waals surface area contributed by atoms with Gasteiger partial charge >= 0.3 is 0 Å². The lowest BCUT2D eigenvalue weighted by Crippen LogP contribution is -2.06. The number of rotatable bonds is 4. The second-order valence-corrected chi connectivity index (χ2v) is 5.87. The number of hydrogen-bond acceptors (Lipinski definition) is 5. The van der Waals surface area contributed by atoms with Crippen molar-refractivity contribution in [3.05, 3.63) is 24.4 Å². The summed E-state index contributed by atoms with van der Waals surface area (Å²) in [5.74, 6) is 0.829. The van der Waals surface area contributed by atoms with E-state index >= 15 is 0 Å². The summed E-state index contributed by atoms with van der Waals surface area (Å²) in [6, 6.07) is 6.03. The highest BCUT2D eigenvalue weighted by Crippen LogP contribution is 2.36. The maximum absolute atomic E-state index is 5.90. The van der Waals surface area contributed by atoms with Gasteiger partial charge in [0.15, 0.2) is 5.13 Å². The summed E-state index contributed by atoms with van der Waals surface area (Å²) >= 11 is 1.65. The van der Waals surface area contributed by atoms with Crippen LogP contribution in [0.5, 0.6) is 5.75 Å². The van der Waals surface area contributed by atoms with Gasteiger partial charge < -0.3 is 10.1 Å². The fourth-order valence-corrected chi connectivity index (χ4v) is 3.15. The van der Waals surface area contributed by atoms with Crippen molar-refractivity contribution in [2.24, 2.45) is 0 Å². The molecule has 5 heteroatoms. The molecule has 2 heterocycles. The standard InChI is InChI=1S/C15H17N3OS/c1-4-16-15-18-14-10-6-5-7-17-13(10)11(19-9(2)3)8-12(14)20-15/h5-9H,4H2,1-3H3,(H,16,18). The zero-order valence-electron chi connectivity index (χ0n) is 11.8. The van der Waals surface area contributed by atoms with Crippen LogP contribution in [0.1, 0.15) is 20.8 Å². The van der Waals surface area contributed by atoms with E-state index in [0.29, 0.717) is 0 Å². The van der Waals surface area contributed by atoms with Crippen LogP contribution < -0.4 is 10.1 Å². The molecule has 1 N–H and O–H groups in total. The number of hydrogen-bond donors (Lipinski definition) is 1. The Morgan fingerprint density at radius 2 is 2.20 bits per heavy atom. The summed E-state index contributed by atoms with van der Waals surface area (Å²) in [4.78, 5) is 9.12. The van der Waals surface area contributed by atoms with Crippen molar-refractivity contribution in [3.63, 3.8) is 0 Å². The minimum Gasteiger partial charge on any atom is -0.489 e. The van der Waals surface area contributed by atoms with Crippen molar-refractivity contribution < 1.29 is 4.74 Å². The van der Waals surface area contributed by atoms with Crippen molar-refractivity contribution in [3.8, 4) is 5.75 Å². The van der Waals surface area contributed by atoms with Crippen LogP contribution in [0.15, 0.2) is 24.4 Å². The van der Waals surface area contributed by atoms with Crippen LogP contribution in [-0.4, -0.2) is 22.6 Å². The van der Waals surface area contributed by atoms with Gasteiger partial charge in [-0.25, -0.2) is 4.98 Å². The van der Waals surface area contributed by atoms with Gasteiger partial charge in [-0.2, -0.15) is 0 Å². The summed E-state index contributed by atoms with van der Waals surface area (Å²) in [7, 11) is 0. The second kappa shape index (κ2) is 5.25. The molecule has 0 aliphatic carbocycles. The fourth-order valence-electron chi connectivity index (χ4n) is 2.17. The molecule has 0 radical (unpaired) electrons. The molecule has 0 unspecified atom stereocenters. The third-order valence-electron chi connectivity index (χ3n) is 2.90. The van der Waals surface area contributed by atoms with Crippen molar-refractivity contribution >= 4 is 37.6 Å². The average Bonchev–Trinajstić information content (AvgIpc) is 2.81. The van der Waals surface area contributed by atoms with E-state index in [4.69, 9.17) is 4.74 Å². The number of pyridine rings is 1. The number of fused-ring (bicyclic) bond motifs is 3. The Hall–Kier alpha value is -1.88. The molecular formula is C15H17N3OS. The predicted octanol–water partition coefficient (Wildman–Crippen LogP) is 4.06. The Bertz CT molecular complexity index is 751. The van der Waals surface area contributed by atoms with Crippen LogP contribution in [0.2, 0.25) is 0 Å². The summed E-state index contributed by atoms with van der Waals surface area (Å²) in [6.07, 6.45) is 1.91. The van der Waals surface area contributed by atoms with E-state index in [1.165, 1.54) is 0 Å². The SMILES string of the molecule is CCNc1nc2c(cc(OC(C)C)c3ncccc32)s1. The van der Waals surface area contributed by atoms with Crippen molar-refractivity contribution in [2.45, 2.75) is 26.9 Å². The van der Waals surface area contributed by atoms with Crippen molar-refractivity contribution in [2.75, 3.05) is 11.9 Å². The number of anilines is 1. The van der Waals surface area contributed by atoms with E-state index < -0.39 is 0 Å². The zero-order chi connectivity index (χ0) is 14.1. The highest BCUT2D eigenvalue weighted by Gasteiger charge is 2.13. The monoisotopic (exact) mass is 287 g/mol. The molecule has 4 nitrogen and oxygen atoms in total. The minimum absolute atomic E-state index is 0.124. The molecule has 3 aromatic rings. The molecule has 0 atom stereocenters. The van der Waals surface area contributed by atoms with Crippen molar-refractivity contribution in [1.82, 2.24) is 9.97 Å². The van der Waals surface area contributed by atoms with E-state index in [9.17, 15) is 0 Å². The molecule has 104 valence electrons. The van der Waals surface area contributed by atoms with E-state index in [1.807, 2.05) is 32.0 Å². The first kappa shape index (κ1) is 13.1. The Morgan fingerprint density at radius 3 is 2.95 bits per heavy atom. The smallest absolute Gasteiger partial charge is 0.183 e. The van der Waals surface area contributed by atoms with E-state index in [2.05, 4.69) is 22.2 Å². The van der Waals surface area contributed by atoms with Gasteiger partial charge in [-0.1, -0.05) is 11.3 Å². The van der Waals surface area contributed by atoms with E-state index in [1.54, 1.807) is 17.5 Å². The highest BCUT2D eigenvalue weighted by molar-refractivity contribution is 7.22. The quantitative estimate of drug-likeness (QED) is 0.786. The topological polar surface area (TPSA) is 47.0 Å². The zero-order valence-corrected chi connectivity index (χ0v) is 12.6. The molecule has 20 heavy (non-hydrogen) atoms. The van der Waals surface area contributed by atoms with Gasteiger partial charge in [0.2, 0.25) is 0 Å². The van der Waals surface area contributed by atoms with Crippen LogP contribution in [0.3, 0.4) is 0 Å². The van der Waals surface area contributed by atoms with Crippen LogP contribution >= 0.6 is 11.3 Å². The molecule has 0 amide bonds. The third-order valence-corrected chi connectivity index (χ3v) is 3.86. The largest absolute Gasteiger partial charge is 0.489 e. The summed E-state index contributed by atoms with van der Waals surface area (Å²) < 4.78 is 7.02. The average molecular weight is 287 g/mol.